The van der Waals surface area contributed by atoms with Gasteiger partial charge in [0.2, 0.25) is 0 Å². The van der Waals surface area contributed by atoms with Crippen molar-refractivity contribution in [2.45, 2.75) is 118 Å². The molecule has 0 aromatic heterocycles. The smallest absolute Gasteiger partial charge is 0.372 e. The zero-order chi connectivity index (χ0) is 24.0. The van der Waals surface area contributed by atoms with Crippen LogP contribution in [-0.4, -0.2) is 17.2 Å². The van der Waals surface area contributed by atoms with Gasteiger partial charge in [0.15, 0.2) is 5.76 Å². The summed E-state index contributed by atoms with van der Waals surface area (Å²) in [6.07, 6.45) is 15.6. The van der Waals surface area contributed by atoms with E-state index < -0.39 is 11.7 Å². The molecule has 3 heteroatoms. The van der Waals surface area contributed by atoms with Crippen LogP contribution < -0.4 is 0 Å². The standard InChI is InChI=1S/C30H50O3/c1-19(2)8-7-9-20(3)25-12-13-26-24-11-10-22-18-23(33-28(32)21(4)31)14-16-29(22,5)27(24)15-17-30(25,26)6/h19-20,22-27,31H,4,7-18H2,1-3,5-6H3/t20-,22+,23+,24+,25?,26+,27+,29+,30-/m1/s1. The van der Waals surface area contributed by atoms with Gasteiger partial charge in [-0.2, -0.15) is 0 Å². The van der Waals surface area contributed by atoms with Crippen LogP contribution in [-0.2, 0) is 9.53 Å². The Morgan fingerprint density at radius 3 is 2.36 bits per heavy atom. The number of fused-ring (bicyclic) bond motifs is 5. The number of hydrogen-bond acceptors (Lipinski definition) is 3. The van der Waals surface area contributed by atoms with Crippen LogP contribution in [0.1, 0.15) is 112 Å². The Labute approximate surface area is 203 Å². The second-order valence-electron chi connectivity index (χ2n) is 13.4. The molecule has 4 saturated carbocycles. The third kappa shape index (κ3) is 4.64. The number of esters is 1. The Kier molecular flexibility index (Phi) is 7.29. The molecule has 4 rings (SSSR count). The molecule has 9 atom stereocenters. The van der Waals surface area contributed by atoms with Gasteiger partial charge in [-0.15, -0.1) is 0 Å². The molecule has 0 bridgehead atoms. The summed E-state index contributed by atoms with van der Waals surface area (Å²) in [4.78, 5) is 11.9. The molecule has 0 aliphatic heterocycles. The molecule has 188 valence electrons. The van der Waals surface area contributed by atoms with Crippen molar-refractivity contribution in [2.24, 2.45) is 52.3 Å². The van der Waals surface area contributed by atoms with Crippen molar-refractivity contribution >= 4 is 5.97 Å². The van der Waals surface area contributed by atoms with E-state index in [9.17, 15) is 9.90 Å². The molecular weight excluding hydrogens is 408 g/mol. The van der Waals surface area contributed by atoms with E-state index in [0.717, 1.165) is 54.8 Å². The fourth-order valence-electron chi connectivity index (χ4n) is 9.57. The lowest BCUT2D eigenvalue weighted by Gasteiger charge is -2.61. The lowest BCUT2D eigenvalue weighted by molar-refractivity contribution is -0.161. The molecule has 0 aromatic rings. The minimum absolute atomic E-state index is 0.0487. The van der Waals surface area contributed by atoms with Crippen molar-refractivity contribution in [3.8, 4) is 0 Å². The number of aliphatic hydroxyl groups is 1. The molecule has 4 aliphatic carbocycles. The Morgan fingerprint density at radius 1 is 0.970 bits per heavy atom. The Balaban J connectivity index is 1.41. The first kappa shape index (κ1) is 25.1. The fourth-order valence-corrected chi connectivity index (χ4v) is 9.57. The predicted octanol–water partition coefficient (Wildman–Crippen LogP) is 8.09. The van der Waals surface area contributed by atoms with Crippen LogP contribution in [0.3, 0.4) is 0 Å². The number of aliphatic hydroxyl groups excluding tert-OH is 1. The largest absolute Gasteiger partial charge is 0.502 e. The second-order valence-corrected chi connectivity index (χ2v) is 13.4. The fraction of sp³-hybridized carbons (Fsp3) is 0.900. The highest BCUT2D eigenvalue weighted by Crippen LogP contribution is 2.68. The average Bonchev–Trinajstić information content (AvgIpc) is 3.11. The average molecular weight is 459 g/mol. The van der Waals surface area contributed by atoms with E-state index in [-0.39, 0.29) is 6.10 Å². The van der Waals surface area contributed by atoms with Crippen molar-refractivity contribution in [1.29, 1.82) is 0 Å². The van der Waals surface area contributed by atoms with E-state index in [2.05, 4.69) is 41.2 Å². The van der Waals surface area contributed by atoms with Gasteiger partial charge in [0.05, 0.1) is 0 Å². The van der Waals surface area contributed by atoms with Crippen LogP contribution in [0.4, 0.5) is 0 Å². The summed E-state index contributed by atoms with van der Waals surface area (Å²) in [7, 11) is 0. The minimum atomic E-state index is -0.634. The van der Waals surface area contributed by atoms with Crippen molar-refractivity contribution in [3.05, 3.63) is 12.3 Å². The predicted molar refractivity (Wildman–Crippen MR) is 135 cm³/mol. The summed E-state index contributed by atoms with van der Waals surface area (Å²) in [5.41, 5.74) is 0.945. The van der Waals surface area contributed by atoms with Gasteiger partial charge in [-0.3, -0.25) is 0 Å². The summed E-state index contributed by atoms with van der Waals surface area (Å²) in [6.45, 7) is 15.9. The molecular formula is C30H50O3. The van der Waals surface area contributed by atoms with Crippen molar-refractivity contribution in [3.63, 3.8) is 0 Å². The van der Waals surface area contributed by atoms with Gasteiger partial charge < -0.3 is 9.84 Å². The molecule has 4 aliphatic rings. The first-order chi connectivity index (χ1) is 15.6. The monoisotopic (exact) mass is 458 g/mol. The first-order valence-corrected chi connectivity index (χ1v) is 14.1. The van der Waals surface area contributed by atoms with Gasteiger partial charge in [-0.05, 0) is 117 Å². The second kappa shape index (κ2) is 9.57. The normalized spacial score (nSPS) is 43.3. The molecule has 1 unspecified atom stereocenters. The highest BCUT2D eigenvalue weighted by molar-refractivity contribution is 5.85. The van der Waals surface area contributed by atoms with E-state index in [0.29, 0.717) is 16.7 Å². The van der Waals surface area contributed by atoms with Gasteiger partial charge in [-0.1, -0.05) is 53.9 Å². The SMILES string of the molecule is C=C(O)C(=O)O[C@H]1CC[C@@]2(C)[C@@H](CC[C@@H]3[C@@H]2CC[C@]2(C)C([C@H](C)CCCC(C)C)CC[C@@H]32)C1. The zero-order valence-electron chi connectivity index (χ0n) is 22.1. The molecule has 0 amide bonds. The highest BCUT2D eigenvalue weighted by atomic mass is 16.6. The van der Waals surface area contributed by atoms with Gasteiger partial charge in [0, 0.05) is 0 Å². The van der Waals surface area contributed by atoms with Crippen LogP contribution in [0.5, 0.6) is 0 Å². The molecule has 0 aromatic carbocycles. The molecule has 33 heavy (non-hydrogen) atoms. The summed E-state index contributed by atoms with van der Waals surface area (Å²) in [6, 6.07) is 0. The lowest BCUT2D eigenvalue weighted by atomic mass is 9.44. The van der Waals surface area contributed by atoms with Gasteiger partial charge in [0.1, 0.15) is 6.10 Å². The third-order valence-corrected chi connectivity index (χ3v) is 11.3. The van der Waals surface area contributed by atoms with Crippen molar-refractivity contribution < 1.29 is 14.6 Å². The van der Waals surface area contributed by atoms with Gasteiger partial charge in [-0.25, -0.2) is 4.79 Å². The van der Waals surface area contributed by atoms with Crippen molar-refractivity contribution in [2.75, 3.05) is 0 Å². The molecule has 1 N–H and O–H groups in total. The van der Waals surface area contributed by atoms with E-state index in [1.165, 1.54) is 57.8 Å². The molecule has 0 saturated heterocycles. The maximum Gasteiger partial charge on any atom is 0.372 e. The molecule has 0 radical (unpaired) electrons. The Bertz CT molecular complexity index is 728. The number of carbonyl (C=O) groups excluding carboxylic acids is 1. The van der Waals surface area contributed by atoms with E-state index in [1.54, 1.807) is 0 Å². The number of rotatable bonds is 7. The molecule has 0 heterocycles. The Hall–Kier alpha value is -0.990. The molecule has 4 fully saturated rings. The summed E-state index contributed by atoms with van der Waals surface area (Å²) < 4.78 is 5.57. The summed E-state index contributed by atoms with van der Waals surface area (Å²) in [5.74, 6) is 4.82. The number of ether oxygens (including phenoxy) is 1. The maximum atomic E-state index is 11.9. The van der Waals surface area contributed by atoms with Crippen LogP contribution in [0.25, 0.3) is 0 Å². The van der Waals surface area contributed by atoms with E-state index in [1.807, 2.05) is 0 Å². The topological polar surface area (TPSA) is 46.5 Å². The van der Waals surface area contributed by atoms with Gasteiger partial charge in [0.25, 0.3) is 0 Å². The van der Waals surface area contributed by atoms with Crippen LogP contribution in [0, 0.1) is 52.3 Å². The van der Waals surface area contributed by atoms with Gasteiger partial charge >= 0.3 is 5.97 Å². The maximum absolute atomic E-state index is 11.9. The van der Waals surface area contributed by atoms with Crippen molar-refractivity contribution in [1.82, 2.24) is 0 Å². The van der Waals surface area contributed by atoms with Crippen LogP contribution in [0.2, 0.25) is 0 Å². The zero-order valence-corrected chi connectivity index (χ0v) is 22.1. The number of carbonyl (C=O) groups is 1. The molecule has 3 nitrogen and oxygen atoms in total. The number of hydrogen-bond donors (Lipinski definition) is 1. The molecule has 0 spiro atoms. The van der Waals surface area contributed by atoms with E-state index in [4.69, 9.17) is 4.74 Å². The highest BCUT2D eigenvalue weighted by Gasteiger charge is 2.60. The Morgan fingerprint density at radius 2 is 1.67 bits per heavy atom. The van der Waals surface area contributed by atoms with E-state index >= 15 is 0 Å². The minimum Gasteiger partial charge on any atom is -0.502 e. The summed E-state index contributed by atoms with van der Waals surface area (Å²) >= 11 is 0. The lowest BCUT2D eigenvalue weighted by Crippen LogP contribution is -2.54. The quantitative estimate of drug-likeness (QED) is 0.238. The van der Waals surface area contributed by atoms with Crippen LogP contribution >= 0.6 is 0 Å². The third-order valence-electron chi connectivity index (χ3n) is 11.3. The summed E-state index contributed by atoms with van der Waals surface area (Å²) in [5, 5.41) is 9.36. The first-order valence-electron chi connectivity index (χ1n) is 14.1. The van der Waals surface area contributed by atoms with Crippen LogP contribution in [0.15, 0.2) is 12.3 Å².